The first-order chi connectivity index (χ1) is 7.18. The maximum absolute atomic E-state index is 11.9. The minimum absolute atomic E-state index is 0.00102. The molecule has 1 N–H and O–H groups in total. The Morgan fingerprint density at radius 2 is 2.33 bits per heavy atom. The fraction of sp³-hybridized carbons (Fsp3) is 0.364. The summed E-state index contributed by atoms with van der Waals surface area (Å²) in [6.07, 6.45) is 0.846. The summed E-state index contributed by atoms with van der Waals surface area (Å²) in [5, 5.41) is 10.9. The SMILES string of the molecule is Cc1ccc(O)c(C(=O)N2CCCO2)c1. The van der Waals surface area contributed by atoms with Crippen molar-refractivity contribution in [2.24, 2.45) is 0 Å². The number of rotatable bonds is 1. The van der Waals surface area contributed by atoms with Gasteiger partial charge in [0.15, 0.2) is 0 Å². The number of aromatic hydroxyl groups is 1. The first-order valence-corrected chi connectivity index (χ1v) is 4.93. The molecule has 0 aromatic heterocycles. The Bertz CT molecular complexity index is 383. The molecule has 4 heteroatoms. The Morgan fingerprint density at radius 3 is 3.00 bits per heavy atom. The number of hydroxylamine groups is 2. The van der Waals surface area contributed by atoms with Gasteiger partial charge in [0.05, 0.1) is 18.7 Å². The van der Waals surface area contributed by atoms with Gasteiger partial charge in [0, 0.05) is 0 Å². The molecule has 0 saturated carbocycles. The number of aryl methyl sites for hydroxylation is 1. The molecule has 0 spiro atoms. The van der Waals surface area contributed by atoms with E-state index in [4.69, 9.17) is 4.84 Å². The lowest BCUT2D eigenvalue weighted by atomic mass is 10.1. The molecule has 0 unspecified atom stereocenters. The summed E-state index contributed by atoms with van der Waals surface area (Å²) in [5.74, 6) is -0.269. The quantitative estimate of drug-likeness (QED) is 0.758. The van der Waals surface area contributed by atoms with Gasteiger partial charge in [-0.3, -0.25) is 9.63 Å². The number of phenols is 1. The molecule has 1 aliphatic heterocycles. The molecule has 2 rings (SSSR count). The molecule has 0 atom stereocenters. The van der Waals surface area contributed by atoms with Crippen LogP contribution in [0, 0.1) is 6.92 Å². The van der Waals surface area contributed by atoms with Crippen LogP contribution in [0.5, 0.6) is 5.75 Å². The van der Waals surface area contributed by atoms with E-state index in [0.29, 0.717) is 18.7 Å². The number of benzene rings is 1. The zero-order valence-corrected chi connectivity index (χ0v) is 8.56. The van der Waals surface area contributed by atoms with E-state index in [2.05, 4.69) is 0 Å². The fourth-order valence-corrected chi connectivity index (χ4v) is 1.56. The average Bonchev–Trinajstić information content (AvgIpc) is 2.74. The molecule has 0 radical (unpaired) electrons. The first-order valence-electron chi connectivity index (χ1n) is 4.93. The van der Waals surface area contributed by atoms with Crippen LogP contribution in [-0.4, -0.2) is 29.2 Å². The third-order valence-electron chi connectivity index (χ3n) is 2.36. The standard InChI is InChI=1S/C11H13NO3/c1-8-3-4-10(13)9(7-8)11(14)12-5-2-6-15-12/h3-4,7,13H,2,5-6H2,1H3. The van der Waals surface area contributed by atoms with Crippen molar-refractivity contribution in [2.45, 2.75) is 13.3 Å². The molecule has 1 aliphatic rings. The Balaban J connectivity index is 2.27. The van der Waals surface area contributed by atoms with Gasteiger partial charge in [-0.2, -0.15) is 0 Å². The zero-order chi connectivity index (χ0) is 10.8. The number of nitrogens with zero attached hydrogens (tertiary/aromatic N) is 1. The van der Waals surface area contributed by atoms with E-state index in [1.165, 1.54) is 11.1 Å². The van der Waals surface area contributed by atoms with Gasteiger partial charge in [0.1, 0.15) is 5.75 Å². The Kier molecular flexibility index (Phi) is 2.60. The monoisotopic (exact) mass is 207 g/mol. The van der Waals surface area contributed by atoms with Crippen LogP contribution in [-0.2, 0) is 4.84 Å². The summed E-state index contributed by atoms with van der Waals surface area (Å²) in [6, 6.07) is 4.95. The van der Waals surface area contributed by atoms with Crippen molar-refractivity contribution < 1.29 is 14.7 Å². The van der Waals surface area contributed by atoms with Gasteiger partial charge in [0.2, 0.25) is 0 Å². The summed E-state index contributed by atoms with van der Waals surface area (Å²) in [4.78, 5) is 17.0. The molecular formula is C11H13NO3. The summed E-state index contributed by atoms with van der Waals surface area (Å²) in [6.45, 7) is 3.03. The molecule has 1 aromatic rings. The number of hydrogen-bond acceptors (Lipinski definition) is 3. The second-order valence-corrected chi connectivity index (χ2v) is 3.61. The zero-order valence-electron chi connectivity index (χ0n) is 8.56. The van der Waals surface area contributed by atoms with Gasteiger partial charge in [-0.1, -0.05) is 11.6 Å². The van der Waals surface area contributed by atoms with Crippen molar-refractivity contribution in [3.05, 3.63) is 29.3 Å². The predicted molar refractivity (Wildman–Crippen MR) is 54.4 cm³/mol. The van der Waals surface area contributed by atoms with Gasteiger partial charge in [0.25, 0.3) is 5.91 Å². The summed E-state index contributed by atoms with van der Waals surface area (Å²) in [5.41, 5.74) is 1.24. The summed E-state index contributed by atoms with van der Waals surface area (Å²) < 4.78 is 0. The summed E-state index contributed by atoms with van der Waals surface area (Å²) >= 11 is 0. The molecule has 1 fully saturated rings. The lowest BCUT2D eigenvalue weighted by Crippen LogP contribution is -2.26. The van der Waals surface area contributed by atoms with E-state index in [0.717, 1.165) is 12.0 Å². The van der Waals surface area contributed by atoms with Crippen LogP contribution in [0.3, 0.4) is 0 Å². The lowest BCUT2D eigenvalue weighted by molar-refractivity contribution is -0.0769. The van der Waals surface area contributed by atoms with E-state index in [9.17, 15) is 9.90 Å². The minimum atomic E-state index is -0.270. The topological polar surface area (TPSA) is 49.8 Å². The Morgan fingerprint density at radius 1 is 1.53 bits per heavy atom. The molecule has 1 saturated heterocycles. The van der Waals surface area contributed by atoms with E-state index < -0.39 is 0 Å². The van der Waals surface area contributed by atoms with Gasteiger partial charge >= 0.3 is 0 Å². The maximum Gasteiger partial charge on any atom is 0.281 e. The van der Waals surface area contributed by atoms with E-state index in [1.54, 1.807) is 12.1 Å². The molecule has 1 heterocycles. The highest BCUT2D eigenvalue weighted by atomic mass is 16.7. The third-order valence-corrected chi connectivity index (χ3v) is 2.36. The van der Waals surface area contributed by atoms with Crippen LogP contribution in [0.4, 0.5) is 0 Å². The molecular weight excluding hydrogens is 194 g/mol. The highest BCUT2D eigenvalue weighted by Gasteiger charge is 2.23. The second-order valence-electron chi connectivity index (χ2n) is 3.61. The van der Waals surface area contributed by atoms with Gasteiger partial charge in [-0.25, -0.2) is 5.06 Å². The van der Waals surface area contributed by atoms with Gasteiger partial charge in [-0.15, -0.1) is 0 Å². The highest BCUT2D eigenvalue weighted by molar-refractivity contribution is 5.96. The molecule has 4 nitrogen and oxygen atoms in total. The van der Waals surface area contributed by atoms with Crippen molar-refractivity contribution in [3.63, 3.8) is 0 Å². The van der Waals surface area contributed by atoms with E-state index in [1.807, 2.05) is 6.92 Å². The fourth-order valence-electron chi connectivity index (χ4n) is 1.56. The van der Waals surface area contributed by atoms with Crippen molar-refractivity contribution in [2.75, 3.05) is 13.2 Å². The number of carbonyl (C=O) groups is 1. The summed E-state index contributed by atoms with van der Waals surface area (Å²) in [7, 11) is 0. The van der Waals surface area contributed by atoms with Gasteiger partial charge in [-0.05, 0) is 25.5 Å². The minimum Gasteiger partial charge on any atom is -0.507 e. The molecule has 80 valence electrons. The van der Waals surface area contributed by atoms with Gasteiger partial charge < -0.3 is 5.11 Å². The molecule has 1 amide bonds. The van der Waals surface area contributed by atoms with Crippen molar-refractivity contribution >= 4 is 5.91 Å². The van der Waals surface area contributed by atoms with Crippen LogP contribution in [0.15, 0.2) is 18.2 Å². The van der Waals surface area contributed by atoms with Crippen LogP contribution >= 0.6 is 0 Å². The van der Waals surface area contributed by atoms with Crippen LogP contribution in [0.1, 0.15) is 22.3 Å². The average molecular weight is 207 g/mol. The predicted octanol–water partition coefficient (Wildman–Crippen LogP) is 1.48. The highest BCUT2D eigenvalue weighted by Crippen LogP contribution is 2.21. The van der Waals surface area contributed by atoms with E-state index >= 15 is 0 Å². The molecule has 0 bridgehead atoms. The lowest BCUT2D eigenvalue weighted by Gasteiger charge is -2.14. The van der Waals surface area contributed by atoms with Crippen LogP contribution in [0.2, 0.25) is 0 Å². The number of carbonyl (C=O) groups excluding carboxylic acids is 1. The smallest absolute Gasteiger partial charge is 0.281 e. The molecule has 15 heavy (non-hydrogen) atoms. The van der Waals surface area contributed by atoms with Crippen molar-refractivity contribution in [3.8, 4) is 5.75 Å². The van der Waals surface area contributed by atoms with Crippen LogP contribution in [0.25, 0.3) is 0 Å². The number of amides is 1. The first kappa shape index (κ1) is 9.98. The largest absolute Gasteiger partial charge is 0.507 e. The molecule has 0 aliphatic carbocycles. The van der Waals surface area contributed by atoms with Crippen molar-refractivity contribution in [1.29, 1.82) is 0 Å². The second kappa shape index (κ2) is 3.90. The van der Waals surface area contributed by atoms with E-state index in [-0.39, 0.29) is 11.7 Å². The number of hydrogen-bond donors (Lipinski definition) is 1. The third kappa shape index (κ3) is 1.94. The van der Waals surface area contributed by atoms with Crippen LogP contribution < -0.4 is 0 Å². The maximum atomic E-state index is 11.9. The molecule has 1 aromatic carbocycles. The normalized spacial score (nSPS) is 15.7. The Hall–Kier alpha value is -1.55. The van der Waals surface area contributed by atoms with Crippen molar-refractivity contribution in [1.82, 2.24) is 5.06 Å². The Labute approximate surface area is 88.0 Å². The number of phenolic OH excluding ortho intramolecular Hbond substituents is 1.